The lowest BCUT2D eigenvalue weighted by Crippen LogP contribution is -2.24. The van der Waals surface area contributed by atoms with Gasteiger partial charge >= 0.3 is 5.97 Å². The molecule has 2 heterocycles. The van der Waals surface area contributed by atoms with Crippen LogP contribution in [-0.2, 0) is 16.0 Å². The lowest BCUT2D eigenvalue weighted by Gasteiger charge is -2.27. The van der Waals surface area contributed by atoms with E-state index in [9.17, 15) is 4.79 Å². The summed E-state index contributed by atoms with van der Waals surface area (Å²) in [5, 5.41) is 8.33. The van der Waals surface area contributed by atoms with E-state index in [1.807, 2.05) is 19.1 Å². The third-order valence-corrected chi connectivity index (χ3v) is 4.40. The second-order valence-corrected chi connectivity index (χ2v) is 5.95. The Kier molecular flexibility index (Phi) is 6.86. The van der Waals surface area contributed by atoms with Crippen molar-refractivity contribution < 1.29 is 9.53 Å². The number of thiol groups is 1. The normalized spacial score (nSPS) is 20.3. The van der Waals surface area contributed by atoms with Gasteiger partial charge in [-0.1, -0.05) is 0 Å². The first-order valence-corrected chi connectivity index (χ1v) is 8.70. The van der Waals surface area contributed by atoms with Crippen LogP contribution in [0.2, 0.25) is 0 Å². The summed E-state index contributed by atoms with van der Waals surface area (Å²) in [4.78, 5) is 16.4. The van der Waals surface area contributed by atoms with Gasteiger partial charge < -0.3 is 10.5 Å². The zero-order valence-corrected chi connectivity index (χ0v) is 14.8. The quantitative estimate of drug-likeness (QED) is 0.574. The summed E-state index contributed by atoms with van der Waals surface area (Å²) >= 11 is 3.03. The van der Waals surface area contributed by atoms with Crippen LogP contribution in [0.5, 0.6) is 0 Å². The first-order chi connectivity index (χ1) is 11.7. The number of aromatic nitrogens is 3. The summed E-state index contributed by atoms with van der Waals surface area (Å²) in [5.74, 6) is 1.21. The molecule has 8 heteroatoms. The van der Waals surface area contributed by atoms with Gasteiger partial charge in [-0.3, -0.25) is 9.93 Å². The summed E-state index contributed by atoms with van der Waals surface area (Å²) in [6.07, 6.45) is 6.50. The molecular weight excluding hydrogens is 326 g/mol. The number of hydrogen-bond acceptors (Lipinski definition) is 7. The Morgan fingerprint density at radius 3 is 2.75 bits per heavy atom. The second-order valence-electron chi connectivity index (χ2n) is 5.95. The monoisotopic (exact) mass is 351 g/mol. The van der Waals surface area contributed by atoms with Crippen molar-refractivity contribution in [3.05, 3.63) is 24.0 Å². The van der Waals surface area contributed by atoms with E-state index in [-0.39, 0.29) is 11.9 Å². The third kappa shape index (κ3) is 4.39. The molecule has 0 bridgehead atoms. The molecule has 7 nitrogen and oxygen atoms in total. The molecule has 0 radical (unpaired) electrons. The molecule has 4 N–H and O–H groups in total. The lowest BCUT2D eigenvalue weighted by molar-refractivity contribution is -0.149. The predicted molar refractivity (Wildman–Crippen MR) is 96.4 cm³/mol. The maximum atomic E-state index is 11.8. The van der Waals surface area contributed by atoms with E-state index < -0.39 is 0 Å². The third-order valence-electron chi connectivity index (χ3n) is 4.40. The highest BCUT2D eigenvalue weighted by atomic mass is 32.1. The number of nitrogens with zero attached hydrogens (tertiary/aromatic N) is 3. The minimum Gasteiger partial charge on any atom is -0.466 e. The van der Waals surface area contributed by atoms with Crippen LogP contribution in [0.25, 0.3) is 5.65 Å². The molecular formula is C16H25N5O2S. The first kappa shape index (κ1) is 18.5. The molecule has 0 saturated heterocycles. The number of esters is 1. The van der Waals surface area contributed by atoms with Crippen LogP contribution in [0.1, 0.15) is 38.3 Å². The van der Waals surface area contributed by atoms with Crippen LogP contribution in [0.15, 0.2) is 18.3 Å². The highest BCUT2D eigenvalue weighted by molar-refractivity contribution is 7.77. The topological polar surface area (TPSA) is 109 Å². The maximum Gasteiger partial charge on any atom is 0.308 e. The van der Waals surface area contributed by atoms with Gasteiger partial charge in [0.2, 0.25) is 0 Å². The molecule has 1 saturated carbocycles. The molecule has 0 aromatic carbocycles. The van der Waals surface area contributed by atoms with Gasteiger partial charge in [0.25, 0.3) is 0 Å². The number of carbonyl (C=O) groups excluding carboxylic acids is 1. The predicted octanol–water partition coefficient (Wildman–Crippen LogP) is 2.01. The SMILES string of the molecule is CCOC(=O)C1CCC(Cc2cc(N)n3nccc3n2)CC1.NS. The van der Waals surface area contributed by atoms with Crippen LogP contribution in [0, 0.1) is 11.8 Å². The molecule has 1 aliphatic carbocycles. The van der Waals surface area contributed by atoms with Crippen molar-refractivity contribution in [2.75, 3.05) is 12.3 Å². The highest BCUT2D eigenvalue weighted by Gasteiger charge is 2.27. The maximum absolute atomic E-state index is 11.8. The van der Waals surface area contributed by atoms with Crippen LogP contribution >= 0.6 is 12.8 Å². The number of nitrogens with two attached hydrogens (primary N) is 2. The average Bonchev–Trinajstić information content (AvgIpc) is 3.07. The van der Waals surface area contributed by atoms with Crippen LogP contribution < -0.4 is 10.9 Å². The standard InChI is InChI=1S/C16H22N4O2.H3NS/c1-2-22-16(21)12-5-3-11(4-6-12)9-13-10-14(17)20-15(19-13)7-8-18-20;1-2/h7-8,10-12H,2-6,9,17H2,1H3;2H,1H2. The van der Waals surface area contributed by atoms with Crippen molar-refractivity contribution in [1.82, 2.24) is 14.6 Å². The van der Waals surface area contributed by atoms with Gasteiger partial charge in [-0.05, 0) is 44.9 Å². The summed E-state index contributed by atoms with van der Waals surface area (Å²) in [5.41, 5.74) is 7.79. The number of hydrogen-bond donors (Lipinski definition) is 3. The van der Waals surface area contributed by atoms with Gasteiger partial charge in [0.05, 0.1) is 18.7 Å². The van der Waals surface area contributed by atoms with Crippen molar-refractivity contribution in [2.45, 2.75) is 39.0 Å². The number of nitrogen functional groups attached to an aromatic ring is 1. The van der Waals surface area contributed by atoms with E-state index in [4.69, 9.17) is 10.5 Å². The van der Waals surface area contributed by atoms with Gasteiger partial charge in [-0.15, -0.1) is 12.8 Å². The Morgan fingerprint density at radius 1 is 1.38 bits per heavy atom. The molecule has 1 fully saturated rings. The Balaban J connectivity index is 0.00000100. The fourth-order valence-corrected chi connectivity index (χ4v) is 3.25. The number of ether oxygens (including phenoxy) is 1. The minimum atomic E-state index is -0.0380. The van der Waals surface area contributed by atoms with E-state index in [1.165, 1.54) is 0 Å². The number of carbonyl (C=O) groups is 1. The first-order valence-electron chi connectivity index (χ1n) is 8.19. The van der Waals surface area contributed by atoms with Crippen molar-refractivity contribution >= 4 is 30.2 Å². The van der Waals surface area contributed by atoms with Crippen molar-refractivity contribution in [3.63, 3.8) is 0 Å². The number of fused-ring (bicyclic) bond motifs is 1. The molecule has 0 spiro atoms. The van der Waals surface area contributed by atoms with E-state index in [0.29, 0.717) is 18.3 Å². The van der Waals surface area contributed by atoms with E-state index in [1.54, 1.807) is 10.7 Å². The van der Waals surface area contributed by atoms with Crippen molar-refractivity contribution in [2.24, 2.45) is 17.0 Å². The Bertz CT molecular complexity index is 668. The van der Waals surface area contributed by atoms with Crippen LogP contribution in [0.3, 0.4) is 0 Å². The number of rotatable bonds is 4. The zero-order chi connectivity index (χ0) is 17.5. The summed E-state index contributed by atoms with van der Waals surface area (Å²) in [7, 11) is 0. The van der Waals surface area contributed by atoms with Crippen LogP contribution in [0.4, 0.5) is 5.82 Å². The largest absolute Gasteiger partial charge is 0.466 e. The highest BCUT2D eigenvalue weighted by Crippen LogP contribution is 2.31. The molecule has 2 aromatic rings. The van der Waals surface area contributed by atoms with Crippen LogP contribution in [-0.4, -0.2) is 27.2 Å². The van der Waals surface area contributed by atoms with Gasteiger partial charge in [0.15, 0.2) is 5.65 Å². The Hall–Kier alpha value is -1.80. The Labute approximate surface area is 147 Å². The molecule has 1 aliphatic rings. The second kappa shape index (κ2) is 8.89. The minimum absolute atomic E-state index is 0.0380. The van der Waals surface area contributed by atoms with Crippen molar-refractivity contribution in [3.8, 4) is 0 Å². The molecule has 0 unspecified atom stereocenters. The molecule has 0 aliphatic heterocycles. The summed E-state index contributed by atoms with van der Waals surface area (Å²) in [6.45, 7) is 2.32. The van der Waals surface area contributed by atoms with E-state index >= 15 is 0 Å². The van der Waals surface area contributed by atoms with Gasteiger partial charge in [-0.25, -0.2) is 4.98 Å². The fraction of sp³-hybridized carbons (Fsp3) is 0.562. The van der Waals surface area contributed by atoms with Gasteiger partial charge in [-0.2, -0.15) is 9.61 Å². The van der Waals surface area contributed by atoms with Gasteiger partial charge in [0, 0.05) is 17.8 Å². The smallest absolute Gasteiger partial charge is 0.308 e. The number of anilines is 1. The molecule has 3 rings (SSSR count). The Morgan fingerprint density at radius 2 is 2.08 bits per heavy atom. The molecule has 0 atom stereocenters. The van der Waals surface area contributed by atoms with E-state index in [0.717, 1.165) is 43.4 Å². The molecule has 2 aromatic heterocycles. The average molecular weight is 351 g/mol. The zero-order valence-electron chi connectivity index (χ0n) is 13.9. The lowest BCUT2D eigenvalue weighted by atomic mass is 9.80. The molecule has 0 amide bonds. The molecule has 132 valence electrons. The summed E-state index contributed by atoms with van der Waals surface area (Å²) in [6, 6.07) is 3.76. The molecule has 24 heavy (non-hydrogen) atoms. The van der Waals surface area contributed by atoms with Gasteiger partial charge in [0.1, 0.15) is 5.82 Å². The fourth-order valence-electron chi connectivity index (χ4n) is 3.25. The van der Waals surface area contributed by atoms with E-state index in [2.05, 4.69) is 28.0 Å². The van der Waals surface area contributed by atoms with Crippen molar-refractivity contribution in [1.29, 1.82) is 0 Å². The summed E-state index contributed by atoms with van der Waals surface area (Å²) < 4.78 is 6.75.